The molecule has 1 unspecified atom stereocenters. The fourth-order valence-corrected chi connectivity index (χ4v) is 2.09. The van der Waals surface area contributed by atoms with E-state index in [1.165, 1.54) is 0 Å². The number of oxazole rings is 1. The molecule has 1 aliphatic rings. The van der Waals surface area contributed by atoms with Crippen molar-refractivity contribution in [3.63, 3.8) is 0 Å². The lowest BCUT2D eigenvalue weighted by Gasteiger charge is -1.99. The number of fused-ring (bicyclic) bond motifs is 1. The highest BCUT2D eigenvalue weighted by atomic mass is 16.3. The molecule has 0 amide bonds. The molecule has 3 rings (SSSR count). The Morgan fingerprint density at radius 3 is 2.93 bits per heavy atom. The minimum atomic E-state index is 0.199. The van der Waals surface area contributed by atoms with E-state index in [2.05, 4.69) is 4.98 Å². The Morgan fingerprint density at radius 1 is 1.33 bits per heavy atom. The Bertz CT molecular complexity index is 482. The average molecular weight is 201 g/mol. The molecule has 3 nitrogen and oxygen atoms in total. The first-order valence-corrected chi connectivity index (χ1v) is 5.20. The SMILES string of the molecule is O=C1CCC(c2nc3ccccc3o2)C1. The van der Waals surface area contributed by atoms with Crippen molar-refractivity contribution in [2.24, 2.45) is 0 Å². The van der Waals surface area contributed by atoms with Gasteiger partial charge in [-0.25, -0.2) is 4.98 Å². The Balaban J connectivity index is 2.01. The van der Waals surface area contributed by atoms with Crippen LogP contribution in [0, 0.1) is 0 Å². The molecule has 0 aliphatic heterocycles. The van der Waals surface area contributed by atoms with E-state index >= 15 is 0 Å². The quantitative estimate of drug-likeness (QED) is 0.712. The summed E-state index contributed by atoms with van der Waals surface area (Å²) in [5.74, 6) is 1.24. The number of aromatic nitrogens is 1. The molecule has 3 heteroatoms. The van der Waals surface area contributed by atoms with Crippen LogP contribution >= 0.6 is 0 Å². The highest BCUT2D eigenvalue weighted by Gasteiger charge is 2.27. The van der Waals surface area contributed by atoms with E-state index in [4.69, 9.17) is 4.42 Å². The monoisotopic (exact) mass is 201 g/mol. The Morgan fingerprint density at radius 2 is 2.20 bits per heavy atom. The summed E-state index contributed by atoms with van der Waals surface area (Å²) in [5.41, 5.74) is 1.69. The van der Waals surface area contributed by atoms with Gasteiger partial charge in [-0.05, 0) is 18.6 Å². The number of nitrogens with zero attached hydrogens (tertiary/aromatic N) is 1. The molecule has 1 fully saturated rings. The van der Waals surface area contributed by atoms with Crippen molar-refractivity contribution in [3.8, 4) is 0 Å². The van der Waals surface area contributed by atoms with Crippen LogP contribution in [-0.2, 0) is 4.79 Å². The topological polar surface area (TPSA) is 43.1 Å². The van der Waals surface area contributed by atoms with Crippen molar-refractivity contribution in [2.75, 3.05) is 0 Å². The van der Waals surface area contributed by atoms with Crippen molar-refractivity contribution in [2.45, 2.75) is 25.2 Å². The maximum atomic E-state index is 11.2. The van der Waals surface area contributed by atoms with Gasteiger partial charge in [0, 0.05) is 18.8 Å². The van der Waals surface area contributed by atoms with Gasteiger partial charge < -0.3 is 4.42 Å². The van der Waals surface area contributed by atoms with Gasteiger partial charge in [0.15, 0.2) is 11.5 Å². The average Bonchev–Trinajstić information content (AvgIpc) is 2.82. The van der Waals surface area contributed by atoms with E-state index in [0.717, 1.165) is 23.4 Å². The molecule has 0 radical (unpaired) electrons. The molecular weight excluding hydrogens is 190 g/mol. The normalized spacial score (nSPS) is 21.3. The molecule has 1 heterocycles. The summed E-state index contributed by atoms with van der Waals surface area (Å²) in [7, 11) is 0. The van der Waals surface area contributed by atoms with Crippen LogP contribution in [-0.4, -0.2) is 10.8 Å². The number of benzene rings is 1. The van der Waals surface area contributed by atoms with Crippen LogP contribution in [0.4, 0.5) is 0 Å². The summed E-state index contributed by atoms with van der Waals surface area (Å²) in [6, 6.07) is 7.70. The van der Waals surface area contributed by atoms with E-state index in [0.29, 0.717) is 18.6 Å². The number of carbonyl (C=O) groups excluding carboxylic acids is 1. The minimum Gasteiger partial charge on any atom is -0.440 e. The highest BCUT2D eigenvalue weighted by molar-refractivity contribution is 5.81. The third kappa shape index (κ3) is 1.44. The molecule has 0 N–H and O–H groups in total. The van der Waals surface area contributed by atoms with E-state index in [9.17, 15) is 4.79 Å². The fraction of sp³-hybridized carbons (Fsp3) is 0.333. The smallest absolute Gasteiger partial charge is 0.199 e. The summed E-state index contributed by atoms with van der Waals surface area (Å²) in [6.07, 6.45) is 2.14. The molecule has 2 aromatic rings. The van der Waals surface area contributed by atoms with Crippen molar-refractivity contribution in [1.82, 2.24) is 4.98 Å². The first-order chi connectivity index (χ1) is 7.33. The van der Waals surface area contributed by atoms with E-state index in [1.54, 1.807) is 0 Å². The number of hydrogen-bond donors (Lipinski definition) is 0. The first kappa shape index (κ1) is 8.65. The summed E-state index contributed by atoms with van der Waals surface area (Å²) in [5, 5.41) is 0. The van der Waals surface area contributed by atoms with Gasteiger partial charge in [-0.3, -0.25) is 4.79 Å². The highest BCUT2D eigenvalue weighted by Crippen LogP contribution is 2.32. The minimum absolute atomic E-state index is 0.199. The summed E-state index contributed by atoms with van der Waals surface area (Å²) < 4.78 is 5.64. The van der Waals surface area contributed by atoms with E-state index in [-0.39, 0.29) is 5.92 Å². The van der Waals surface area contributed by atoms with Crippen LogP contribution < -0.4 is 0 Å². The number of ketones is 1. The zero-order valence-corrected chi connectivity index (χ0v) is 8.27. The van der Waals surface area contributed by atoms with Crippen LogP contribution in [0.25, 0.3) is 11.1 Å². The van der Waals surface area contributed by atoms with Crippen molar-refractivity contribution < 1.29 is 9.21 Å². The third-order valence-electron chi connectivity index (χ3n) is 2.91. The zero-order chi connectivity index (χ0) is 10.3. The van der Waals surface area contributed by atoms with Gasteiger partial charge in [0.05, 0.1) is 0 Å². The maximum absolute atomic E-state index is 11.2. The number of carbonyl (C=O) groups is 1. The number of hydrogen-bond acceptors (Lipinski definition) is 3. The van der Waals surface area contributed by atoms with Crippen LogP contribution in [0.3, 0.4) is 0 Å². The van der Waals surface area contributed by atoms with Crippen LogP contribution in [0.5, 0.6) is 0 Å². The summed E-state index contributed by atoms with van der Waals surface area (Å²) in [4.78, 5) is 15.6. The van der Waals surface area contributed by atoms with Crippen molar-refractivity contribution in [1.29, 1.82) is 0 Å². The Hall–Kier alpha value is -1.64. The van der Waals surface area contributed by atoms with Gasteiger partial charge in [0.25, 0.3) is 0 Å². The lowest BCUT2D eigenvalue weighted by Crippen LogP contribution is -1.93. The standard InChI is InChI=1S/C12H11NO2/c14-9-6-5-8(7-9)12-13-10-3-1-2-4-11(10)15-12/h1-4,8H,5-7H2. The molecule has 1 aromatic carbocycles. The Labute approximate surface area is 87.1 Å². The summed E-state index contributed by atoms with van der Waals surface area (Å²) in [6.45, 7) is 0. The van der Waals surface area contributed by atoms with Crippen molar-refractivity contribution in [3.05, 3.63) is 30.2 Å². The molecule has 0 saturated heterocycles. The second-order valence-electron chi connectivity index (χ2n) is 4.00. The van der Waals surface area contributed by atoms with Gasteiger partial charge in [-0.2, -0.15) is 0 Å². The zero-order valence-electron chi connectivity index (χ0n) is 8.27. The van der Waals surface area contributed by atoms with Gasteiger partial charge in [0.2, 0.25) is 0 Å². The fourth-order valence-electron chi connectivity index (χ4n) is 2.09. The summed E-state index contributed by atoms with van der Waals surface area (Å²) >= 11 is 0. The molecule has 1 saturated carbocycles. The molecule has 1 aromatic heterocycles. The molecule has 0 spiro atoms. The van der Waals surface area contributed by atoms with Gasteiger partial charge in [0.1, 0.15) is 11.3 Å². The molecule has 1 aliphatic carbocycles. The van der Waals surface area contributed by atoms with Crippen molar-refractivity contribution >= 4 is 16.9 Å². The number of para-hydroxylation sites is 2. The van der Waals surface area contributed by atoms with Gasteiger partial charge in [-0.1, -0.05) is 12.1 Å². The van der Waals surface area contributed by atoms with Gasteiger partial charge >= 0.3 is 0 Å². The van der Waals surface area contributed by atoms with E-state index in [1.807, 2.05) is 24.3 Å². The lowest BCUT2D eigenvalue weighted by atomic mass is 10.1. The van der Waals surface area contributed by atoms with Crippen LogP contribution in [0.2, 0.25) is 0 Å². The van der Waals surface area contributed by atoms with Gasteiger partial charge in [-0.15, -0.1) is 0 Å². The number of rotatable bonds is 1. The number of Topliss-reactive ketones (excluding diaryl/α,β-unsaturated/α-hetero) is 1. The molecular formula is C12H11NO2. The molecule has 0 bridgehead atoms. The second kappa shape index (κ2) is 3.19. The predicted molar refractivity (Wildman–Crippen MR) is 55.6 cm³/mol. The predicted octanol–water partition coefficient (Wildman–Crippen LogP) is 2.66. The van der Waals surface area contributed by atoms with Crippen LogP contribution in [0.15, 0.2) is 28.7 Å². The molecule has 1 atom stereocenters. The maximum Gasteiger partial charge on any atom is 0.199 e. The molecule has 76 valence electrons. The third-order valence-corrected chi connectivity index (χ3v) is 2.91. The largest absolute Gasteiger partial charge is 0.440 e. The molecule has 15 heavy (non-hydrogen) atoms. The second-order valence-corrected chi connectivity index (χ2v) is 4.00. The van der Waals surface area contributed by atoms with E-state index < -0.39 is 0 Å². The lowest BCUT2D eigenvalue weighted by molar-refractivity contribution is -0.117. The first-order valence-electron chi connectivity index (χ1n) is 5.20. The van der Waals surface area contributed by atoms with Crippen LogP contribution in [0.1, 0.15) is 31.1 Å². The Kier molecular flexibility index (Phi) is 1.84.